The van der Waals surface area contributed by atoms with Crippen LogP contribution in [0.4, 0.5) is 0 Å². The molecule has 27 heavy (non-hydrogen) atoms. The molecule has 0 heterocycles. The Morgan fingerprint density at radius 3 is 2.26 bits per heavy atom. The summed E-state index contributed by atoms with van der Waals surface area (Å²) in [5.41, 5.74) is 4.03. The molecule has 150 valence electrons. The highest BCUT2D eigenvalue weighted by Gasteiger charge is 2.30. The molecule has 0 saturated heterocycles. The molecule has 0 aliphatic heterocycles. The predicted molar refractivity (Wildman–Crippen MR) is 115 cm³/mol. The van der Waals surface area contributed by atoms with Gasteiger partial charge in [0.25, 0.3) is 8.32 Å². The van der Waals surface area contributed by atoms with Crippen LogP contribution >= 0.6 is 0 Å². The Hall–Kier alpha value is -1.57. The fourth-order valence-electron chi connectivity index (χ4n) is 2.97. The third-order valence-electron chi connectivity index (χ3n) is 4.64. The standard InChI is InChI=1S/C23H36O3Si/c1-6-9-10-14-17-22(25-23(24)21-15-12-11-13-16-21)18-19-27(7-2,8-3)26-20(4)5/h11-13,15-16,20,22H,6-10,14,17H2,1-5H3. The van der Waals surface area contributed by atoms with E-state index in [9.17, 15) is 4.79 Å². The first-order chi connectivity index (χ1) is 13.0. The molecule has 0 saturated carbocycles. The van der Waals surface area contributed by atoms with Crippen LogP contribution in [-0.2, 0) is 9.16 Å². The molecule has 4 heteroatoms. The van der Waals surface area contributed by atoms with E-state index in [1.165, 1.54) is 12.8 Å². The van der Waals surface area contributed by atoms with E-state index in [0.717, 1.165) is 31.4 Å². The zero-order valence-electron chi connectivity index (χ0n) is 17.7. The first-order valence-electron chi connectivity index (χ1n) is 10.4. The van der Waals surface area contributed by atoms with E-state index < -0.39 is 8.32 Å². The average Bonchev–Trinajstić information content (AvgIpc) is 2.68. The van der Waals surface area contributed by atoms with Crippen LogP contribution in [0.2, 0.25) is 12.1 Å². The summed E-state index contributed by atoms with van der Waals surface area (Å²) in [4.78, 5) is 12.5. The quantitative estimate of drug-likeness (QED) is 0.198. The largest absolute Gasteiger partial charge is 0.446 e. The van der Waals surface area contributed by atoms with Crippen LogP contribution in [-0.4, -0.2) is 26.5 Å². The lowest BCUT2D eigenvalue weighted by atomic mass is 10.1. The third kappa shape index (κ3) is 8.77. The van der Waals surface area contributed by atoms with E-state index in [1.54, 1.807) is 12.1 Å². The number of unbranched alkanes of at least 4 members (excludes halogenated alkanes) is 3. The van der Waals surface area contributed by atoms with Gasteiger partial charge in [-0.15, -0.1) is 0 Å². The van der Waals surface area contributed by atoms with Crippen molar-refractivity contribution in [3.05, 3.63) is 35.9 Å². The fraction of sp³-hybridized carbons (Fsp3) is 0.609. The molecule has 0 radical (unpaired) electrons. The van der Waals surface area contributed by atoms with Crippen molar-refractivity contribution in [2.75, 3.05) is 0 Å². The highest BCUT2D eigenvalue weighted by Crippen LogP contribution is 2.19. The lowest BCUT2D eigenvalue weighted by Crippen LogP contribution is -2.38. The smallest absolute Gasteiger partial charge is 0.339 e. The van der Waals surface area contributed by atoms with E-state index in [1.807, 2.05) is 18.2 Å². The Balaban J connectivity index is 2.92. The molecular weight excluding hydrogens is 352 g/mol. The van der Waals surface area contributed by atoms with Gasteiger partial charge in [0.2, 0.25) is 0 Å². The van der Waals surface area contributed by atoms with Crippen LogP contribution in [0.3, 0.4) is 0 Å². The summed E-state index contributed by atoms with van der Waals surface area (Å²) in [6, 6.07) is 11.0. The summed E-state index contributed by atoms with van der Waals surface area (Å²) in [5, 5.41) is 0. The van der Waals surface area contributed by atoms with E-state index in [0.29, 0.717) is 5.56 Å². The number of benzene rings is 1. The van der Waals surface area contributed by atoms with Gasteiger partial charge in [-0.05, 0) is 50.9 Å². The molecule has 0 bridgehead atoms. The number of ether oxygens (including phenoxy) is 1. The lowest BCUT2D eigenvalue weighted by molar-refractivity contribution is 0.0393. The van der Waals surface area contributed by atoms with Crippen molar-refractivity contribution in [3.8, 4) is 11.5 Å². The SMILES string of the molecule is CCCCCCC(C#C[Si](CC)(CC)OC(C)C)OC(=O)c1ccccc1. The van der Waals surface area contributed by atoms with Crippen molar-refractivity contribution in [1.82, 2.24) is 0 Å². The van der Waals surface area contributed by atoms with Crippen LogP contribution < -0.4 is 0 Å². The Bertz CT molecular complexity index is 597. The molecule has 0 fully saturated rings. The Morgan fingerprint density at radius 2 is 1.70 bits per heavy atom. The van der Waals surface area contributed by atoms with Crippen LogP contribution in [0.25, 0.3) is 0 Å². The van der Waals surface area contributed by atoms with Gasteiger partial charge in [-0.25, -0.2) is 4.79 Å². The summed E-state index contributed by atoms with van der Waals surface area (Å²) in [7, 11) is -2.11. The fourth-order valence-corrected chi connectivity index (χ4v) is 5.55. The first kappa shape index (κ1) is 23.5. The zero-order valence-corrected chi connectivity index (χ0v) is 18.7. The second-order valence-electron chi connectivity index (χ2n) is 7.25. The second kappa shape index (κ2) is 12.7. The number of hydrogen-bond acceptors (Lipinski definition) is 3. The van der Waals surface area contributed by atoms with Crippen LogP contribution in [0.15, 0.2) is 30.3 Å². The zero-order chi connectivity index (χ0) is 20.1. The minimum atomic E-state index is -2.11. The Labute approximate surface area is 167 Å². The van der Waals surface area contributed by atoms with E-state index >= 15 is 0 Å². The van der Waals surface area contributed by atoms with Gasteiger partial charge in [0.1, 0.15) is 0 Å². The maximum absolute atomic E-state index is 12.5. The van der Waals surface area contributed by atoms with Gasteiger partial charge in [-0.2, -0.15) is 0 Å². The lowest BCUT2D eigenvalue weighted by Gasteiger charge is -2.26. The van der Waals surface area contributed by atoms with Crippen LogP contribution in [0.1, 0.15) is 77.1 Å². The molecule has 0 spiro atoms. The summed E-state index contributed by atoms with van der Waals surface area (Å²) in [6.07, 6.45) is 5.13. The average molecular weight is 389 g/mol. The minimum Gasteiger partial charge on any atom is -0.446 e. The Kier molecular flexibility index (Phi) is 11.1. The molecule has 0 aromatic heterocycles. The number of esters is 1. The van der Waals surface area contributed by atoms with E-state index in [4.69, 9.17) is 9.16 Å². The van der Waals surface area contributed by atoms with Crippen molar-refractivity contribution in [3.63, 3.8) is 0 Å². The van der Waals surface area contributed by atoms with E-state index in [-0.39, 0.29) is 18.2 Å². The number of hydrogen-bond donors (Lipinski definition) is 0. The molecule has 1 unspecified atom stereocenters. The van der Waals surface area contributed by atoms with Gasteiger partial charge in [0, 0.05) is 6.10 Å². The molecule has 1 atom stereocenters. The van der Waals surface area contributed by atoms with Gasteiger partial charge >= 0.3 is 5.97 Å². The molecule has 3 nitrogen and oxygen atoms in total. The summed E-state index contributed by atoms with van der Waals surface area (Å²) in [6.45, 7) is 10.6. The molecule has 1 aromatic rings. The third-order valence-corrected chi connectivity index (χ3v) is 8.45. The summed E-state index contributed by atoms with van der Waals surface area (Å²) in [5.74, 6) is 2.99. The van der Waals surface area contributed by atoms with Gasteiger partial charge < -0.3 is 9.16 Å². The van der Waals surface area contributed by atoms with Crippen molar-refractivity contribution >= 4 is 14.3 Å². The molecule has 0 amide bonds. The van der Waals surface area contributed by atoms with Crippen molar-refractivity contribution in [2.45, 2.75) is 91.0 Å². The number of carbonyl (C=O) groups is 1. The van der Waals surface area contributed by atoms with Crippen LogP contribution in [0, 0.1) is 11.5 Å². The van der Waals surface area contributed by atoms with Gasteiger partial charge in [0.05, 0.1) is 5.56 Å². The van der Waals surface area contributed by atoms with Crippen molar-refractivity contribution in [2.24, 2.45) is 0 Å². The molecular formula is C23H36O3Si. The first-order valence-corrected chi connectivity index (χ1v) is 12.7. The molecule has 1 rings (SSSR count). The van der Waals surface area contributed by atoms with Crippen molar-refractivity contribution < 1.29 is 14.0 Å². The van der Waals surface area contributed by atoms with Crippen molar-refractivity contribution in [1.29, 1.82) is 0 Å². The molecule has 1 aromatic carbocycles. The van der Waals surface area contributed by atoms with Crippen LogP contribution in [0.5, 0.6) is 0 Å². The molecule has 0 N–H and O–H groups in total. The number of carbonyl (C=O) groups excluding carboxylic acids is 1. The summed E-state index contributed by atoms with van der Waals surface area (Å²) >= 11 is 0. The topological polar surface area (TPSA) is 35.5 Å². The Morgan fingerprint density at radius 1 is 1.04 bits per heavy atom. The molecule has 0 aliphatic rings. The van der Waals surface area contributed by atoms with Gasteiger partial charge in [-0.3, -0.25) is 0 Å². The maximum Gasteiger partial charge on any atom is 0.339 e. The summed E-state index contributed by atoms with van der Waals surface area (Å²) < 4.78 is 12.0. The van der Waals surface area contributed by atoms with Gasteiger partial charge in [0.15, 0.2) is 6.10 Å². The highest BCUT2D eigenvalue weighted by atomic mass is 28.4. The molecule has 0 aliphatic carbocycles. The minimum absolute atomic E-state index is 0.167. The highest BCUT2D eigenvalue weighted by molar-refractivity contribution is 6.81. The normalized spacial score (nSPS) is 12.4. The predicted octanol–water partition coefficient (Wildman–Crippen LogP) is 6.14. The monoisotopic (exact) mass is 388 g/mol. The van der Waals surface area contributed by atoms with Gasteiger partial charge in [-0.1, -0.05) is 69.7 Å². The second-order valence-corrected chi connectivity index (χ2v) is 11.1. The number of rotatable bonds is 11. The van der Waals surface area contributed by atoms with E-state index in [2.05, 4.69) is 46.1 Å². The maximum atomic E-state index is 12.5.